The number of carbonyl (C=O) groups is 1. The molecule has 5 nitrogen and oxygen atoms in total. The minimum Gasteiger partial charge on any atom is -0.348 e. The lowest BCUT2D eigenvalue weighted by atomic mass is 10.3. The van der Waals surface area contributed by atoms with Crippen LogP contribution < -0.4 is 5.32 Å². The van der Waals surface area contributed by atoms with Gasteiger partial charge < -0.3 is 10.2 Å². The van der Waals surface area contributed by atoms with Gasteiger partial charge in [-0.25, -0.2) is 8.42 Å². The lowest BCUT2D eigenvalue weighted by molar-refractivity contribution is -0.125. The second kappa shape index (κ2) is 6.35. The summed E-state index contributed by atoms with van der Waals surface area (Å²) in [4.78, 5) is 12.6. The van der Waals surface area contributed by atoms with Crippen molar-refractivity contribution >= 4 is 15.7 Å². The molecular weight excluding hydrogens is 240 g/mol. The first-order valence-electron chi connectivity index (χ1n) is 6.05. The molecule has 0 spiro atoms. The fraction of sp³-hybridized carbons (Fsp3) is 0.909. The lowest BCUT2D eigenvalue weighted by Crippen LogP contribution is -2.30. The highest BCUT2D eigenvalue weighted by molar-refractivity contribution is 7.92. The highest BCUT2D eigenvalue weighted by atomic mass is 32.2. The number of sulfone groups is 1. The van der Waals surface area contributed by atoms with E-state index in [1.165, 1.54) is 17.7 Å². The third-order valence-corrected chi connectivity index (χ3v) is 4.33. The van der Waals surface area contributed by atoms with E-state index < -0.39 is 9.84 Å². The molecule has 0 aromatic carbocycles. The Morgan fingerprint density at radius 2 is 1.94 bits per heavy atom. The number of rotatable bonds is 8. The zero-order valence-corrected chi connectivity index (χ0v) is 11.4. The maximum atomic E-state index is 11.6. The zero-order chi connectivity index (χ0) is 12.9. The van der Waals surface area contributed by atoms with Crippen molar-refractivity contribution in [3.63, 3.8) is 0 Å². The Balaban J connectivity index is 2.12. The van der Waals surface area contributed by atoms with Crippen LogP contribution in [0.15, 0.2) is 0 Å². The van der Waals surface area contributed by atoms with Gasteiger partial charge in [0.05, 0.1) is 5.75 Å². The number of amides is 1. The molecule has 0 heterocycles. The summed E-state index contributed by atoms with van der Waals surface area (Å²) < 4.78 is 23.2. The van der Waals surface area contributed by atoms with Gasteiger partial charge in [-0.05, 0) is 32.2 Å². The molecule has 6 heteroatoms. The highest BCUT2D eigenvalue weighted by Gasteiger charge is 2.20. The molecule has 17 heavy (non-hydrogen) atoms. The van der Waals surface area contributed by atoms with E-state index in [0.717, 1.165) is 13.0 Å². The van der Waals surface area contributed by atoms with E-state index in [0.29, 0.717) is 12.5 Å². The number of hydrogen-bond donors (Lipinski definition) is 1. The van der Waals surface area contributed by atoms with Gasteiger partial charge in [0.2, 0.25) is 5.91 Å². The van der Waals surface area contributed by atoms with Gasteiger partial charge in [-0.1, -0.05) is 0 Å². The average molecular weight is 262 g/mol. The maximum Gasteiger partial charge on any atom is 0.237 e. The van der Waals surface area contributed by atoms with Crippen LogP contribution in [0.1, 0.15) is 25.7 Å². The maximum absolute atomic E-state index is 11.6. The van der Waals surface area contributed by atoms with Crippen molar-refractivity contribution in [1.29, 1.82) is 0 Å². The summed E-state index contributed by atoms with van der Waals surface area (Å²) in [6.07, 6.45) is 3.97. The van der Waals surface area contributed by atoms with Crippen molar-refractivity contribution in [2.45, 2.75) is 31.7 Å². The second-order valence-corrected chi connectivity index (χ2v) is 7.00. The quantitative estimate of drug-likeness (QED) is 0.626. The molecule has 1 rings (SSSR count). The summed E-state index contributed by atoms with van der Waals surface area (Å²) in [5, 5.41) is 3.33. The molecule has 0 atom stereocenters. The minimum absolute atomic E-state index is 0.110. The average Bonchev–Trinajstić information content (AvgIpc) is 3.00. The SMILES string of the molecule is CN(C)C(=O)CS(=O)(=O)CCCCNC1CC1. The predicted octanol–water partition coefficient (Wildman–Crippen LogP) is 0.0216. The first-order valence-corrected chi connectivity index (χ1v) is 7.87. The predicted molar refractivity (Wildman–Crippen MR) is 67.6 cm³/mol. The molecule has 1 amide bonds. The molecule has 0 unspecified atom stereocenters. The Labute approximate surface area is 103 Å². The van der Waals surface area contributed by atoms with Crippen LogP contribution in [0.3, 0.4) is 0 Å². The molecular formula is C11H22N2O3S. The van der Waals surface area contributed by atoms with Crippen molar-refractivity contribution in [1.82, 2.24) is 10.2 Å². The van der Waals surface area contributed by atoms with Crippen LogP contribution in [0.25, 0.3) is 0 Å². The topological polar surface area (TPSA) is 66.5 Å². The fourth-order valence-corrected chi connectivity index (χ4v) is 2.85. The fourth-order valence-electron chi connectivity index (χ4n) is 1.43. The van der Waals surface area contributed by atoms with E-state index in [2.05, 4.69) is 5.32 Å². The first-order chi connectivity index (χ1) is 7.91. The van der Waals surface area contributed by atoms with Gasteiger partial charge in [-0.3, -0.25) is 4.79 Å². The summed E-state index contributed by atoms with van der Waals surface area (Å²) >= 11 is 0. The van der Waals surface area contributed by atoms with E-state index in [1.807, 2.05) is 0 Å². The number of nitrogens with one attached hydrogen (secondary N) is 1. The molecule has 100 valence electrons. The molecule has 0 bridgehead atoms. The summed E-state index contributed by atoms with van der Waals surface area (Å²) in [7, 11) is -0.0962. The minimum atomic E-state index is -3.23. The van der Waals surface area contributed by atoms with Gasteiger partial charge in [-0.2, -0.15) is 0 Å². The zero-order valence-electron chi connectivity index (χ0n) is 10.6. The number of unbranched alkanes of at least 4 members (excludes halogenated alkanes) is 1. The summed E-state index contributed by atoms with van der Waals surface area (Å²) in [5.41, 5.74) is 0. The molecule has 1 aliphatic rings. The summed E-state index contributed by atoms with van der Waals surface area (Å²) in [6, 6.07) is 0.668. The van der Waals surface area contributed by atoms with Gasteiger partial charge in [-0.15, -0.1) is 0 Å². The van der Waals surface area contributed by atoms with Crippen LogP contribution in [0.4, 0.5) is 0 Å². The van der Waals surface area contributed by atoms with Crippen LogP contribution in [-0.4, -0.2) is 57.4 Å². The second-order valence-electron chi connectivity index (χ2n) is 4.82. The van der Waals surface area contributed by atoms with E-state index in [4.69, 9.17) is 0 Å². The Bertz CT molecular complexity index is 348. The van der Waals surface area contributed by atoms with Crippen molar-refractivity contribution in [2.24, 2.45) is 0 Å². The van der Waals surface area contributed by atoms with Gasteiger partial charge in [0.15, 0.2) is 9.84 Å². The molecule has 1 aliphatic carbocycles. The van der Waals surface area contributed by atoms with Gasteiger partial charge in [0, 0.05) is 20.1 Å². The number of nitrogens with zero attached hydrogens (tertiary/aromatic N) is 1. The van der Waals surface area contributed by atoms with Crippen LogP contribution in [0.5, 0.6) is 0 Å². The van der Waals surface area contributed by atoms with Gasteiger partial charge >= 0.3 is 0 Å². The molecule has 0 aromatic rings. The molecule has 1 N–H and O–H groups in total. The molecule has 1 saturated carbocycles. The molecule has 1 fully saturated rings. The molecule has 0 saturated heterocycles. The first kappa shape index (κ1) is 14.4. The number of hydrogen-bond acceptors (Lipinski definition) is 4. The van der Waals surface area contributed by atoms with E-state index >= 15 is 0 Å². The third kappa shape index (κ3) is 6.63. The van der Waals surface area contributed by atoms with E-state index in [-0.39, 0.29) is 17.4 Å². The monoisotopic (exact) mass is 262 g/mol. The van der Waals surface area contributed by atoms with Crippen molar-refractivity contribution in [2.75, 3.05) is 32.1 Å². The summed E-state index contributed by atoms with van der Waals surface area (Å²) in [5.74, 6) is -0.601. The Hall–Kier alpha value is -0.620. The van der Waals surface area contributed by atoms with E-state index in [9.17, 15) is 13.2 Å². The largest absolute Gasteiger partial charge is 0.348 e. The molecule has 0 aromatic heterocycles. The Kier molecular flexibility index (Phi) is 5.39. The number of carbonyl (C=O) groups excluding carboxylic acids is 1. The summed E-state index contributed by atoms with van der Waals surface area (Å²) in [6.45, 7) is 0.877. The highest BCUT2D eigenvalue weighted by Crippen LogP contribution is 2.18. The van der Waals surface area contributed by atoms with Crippen molar-refractivity contribution in [3.8, 4) is 0 Å². The van der Waals surface area contributed by atoms with Gasteiger partial charge in [0.1, 0.15) is 5.75 Å². The van der Waals surface area contributed by atoms with Crippen LogP contribution in [0.2, 0.25) is 0 Å². The lowest BCUT2D eigenvalue weighted by Gasteiger charge is -2.10. The normalized spacial score (nSPS) is 15.9. The van der Waals surface area contributed by atoms with Crippen molar-refractivity contribution in [3.05, 3.63) is 0 Å². The van der Waals surface area contributed by atoms with Crippen LogP contribution in [0, 0.1) is 0 Å². The van der Waals surface area contributed by atoms with Gasteiger partial charge in [0.25, 0.3) is 0 Å². The standard InChI is InChI=1S/C11H22N2O3S/c1-13(2)11(14)9-17(15,16)8-4-3-7-12-10-5-6-10/h10,12H,3-9H2,1-2H3. The smallest absolute Gasteiger partial charge is 0.237 e. The molecule has 0 aliphatic heterocycles. The van der Waals surface area contributed by atoms with Crippen LogP contribution >= 0.6 is 0 Å². The third-order valence-electron chi connectivity index (χ3n) is 2.73. The molecule has 0 radical (unpaired) electrons. The Morgan fingerprint density at radius 3 is 2.47 bits per heavy atom. The van der Waals surface area contributed by atoms with E-state index in [1.54, 1.807) is 14.1 Å². The Morgan fingerprint density at radius 1 is 1.29 bits per heavy atom. The van der Waals surface area contributed by atoms with Crippen molar-refractivity contribution < 1.29 is 13.2 Å². The van der Waals surface area contributed by atoms with Crippen LogP contribution in [-0.2, 0) is 14.6 Å².